The second-order valence-electron chi connectivity index (χ2n) is 8.23. The van der Waals surface area contributed by atoms with Crippen molar-refractivity contribution in [3.05, 3.63) is 95.6 Å². The Hall–Kier alpha value is -3.42. The summed E-state index contributed by atoms with van der Waals surface area (Å²) in [6.45, 7) is 2.19. The largest absolute Gasteiger partial charge is 0.289 e. The number of hydrogen-bond donors (Lipinski definition) is 2. The van der Waals surface area contributed by atoms with E-state index in [2.05, 4.69) is 43.3 Å². The number of imide groups is 1. The molecule has 174 valence electrons. The molecule has 0 bridgehead atoms. The van der Waals surface area contributed by atoms with E-state index in [1.54, 1.807) is 41.5 Å². The number of rotatable bonds is 9. The third-order valence-corrected chi connectivity index (χ3v) is 7.46. The van der Waals surface area contributed by atoms with Crippen LogP contribution in [-0.4, -0.2) is 40.1 Å². The minimum absolute atomic E-state index is 0.116. The summed E-state index contributed by atoms with van der Waals surface area (Å²) in [7, 11) is 0. The molecule has 7 heteroatoms. The van der Waals surface area contributed by atoms with Gasteiger partial charge in [0.05, 0.1) is 17.0 Å². The van der Waals surface area contributed by atoms with Gasteiger partial charge in [-0.3, -0.25) is 24.5 Å². The molecule has 2 atom stereocenters. The summed E-state index contributed by atoms with van der Waals surface area (Å²) in [5, 5.41) is 9.33. The molecule has 1 heterocycles. The number of carbonyl (C=O) groups is 3. The number of nitrogens with one attached hydrogen (secondary N) is 1. The number of amides is 3. The second-order valence-corrected chi connectivity index (χ2v) is 9.61. The molecule has 1 aliphatic heterocycles. The van der Waals surface area contributed by atoms with Crippen molar-refractivity contribution in [2.75, 3.05) is 12.3 Å². The van der Waals surface area contributed by atoms with Crippen LogP contribution in [0.2, 0.25) is 0 Å². The number of benzene rings is 3. The Bertz CT molecular complexity index is 1150. The fourth-order valence-corrected chi connectivity index (χ4v) is 5.23. The van der Waals surface area contributed by atoms with Gasteiger partial charge in [0.15, 0.2) is 0 Å². The summed E-state index contributed by atoms with van der Waals surface area (Å²) in [5.41, 5.74) is 5.93. The SMILES string of the molecule is CC(SCC(CCN1C(=O)c2ccccc2C1=O)C(=O)NO)c1ccc(-c2ccccc2)cc1. The summed E-state index contributed by atoms with van der Waals surface area (Å²) in [4.78, 5) is 38.6. The van der Waals surface area contributed by atoms with Crippen LogP contribution < -0.4 is 5.48 Å². The van der Waals surface area contributed by atoms with Gasteiger partial charge in [-0.2, -0.15) is 11.8 Å². The van der Waals surface area contributed by atoms with Crippen LogP contribution in [-0.2, 0) is 4.79 Å². The number of fused-ring (bicyclic) bond motifs is 1. The Kier molecular flexibility index (Phi) is 7.45. The van der Waals surface area contributed by atoms with Crippen LogP contribution in [0.1, 0.15) is 44.9 Å². The number of nitrogens with zero attached hydrogens (tertiary/aromatic N) is 1. The molecule has 0 spiro atoms. The Balaban J connectivity index is 1.36. The van der Waals surface area contributed by atoms with Crippen molar-refractivity contribution in [3.63, 3.8) is 0 Å². The van der Waals surface area contributed by atoms with Crippen molar-refractivity contribution >= 4 is 29.5 Å². The molecule has 34 heavy (non-hydrogen) atoms. The molecular formula is C27H26N2O4S. The summed E-state index contributed by atoms with van der Waals surface area (Å²) in [5.74, 6) is -1.32. The lowest BCUT2D eigenvalue weighted by Crippen LogP contribution is -2.36. The van der Waals surface area contributed by atoms with Crippen molar-refractivity contribution in [1.29, 1.82) is 0 Å². The van der Waals surface area contributed by atoms with E-state index < -0.39 is 11.8 Å². The van der Waals surface area contributed by atoms with Crippen LogP contribution >= 0.6 is 11.8 Å². The quantitative estimate of drug-likeness (QED) is 0.260. The lowest BCUT2D eigenvalue weighted by atomic mass is 10.0. The van der Waals surface area contributed by atoms with E-state index in [4.69, 9.17) is 0 Å². The zero-order valence-electron chi connectivity index (χ0n) is 18.8. The summed E-state index contributed by atoms with van der Waals surface area (Å²) in [6.07, 6.45) is 0.268. The maximum Gasteiger partial charge on any atom is 0.261 e. The van der Waals surface area contributed by atoms with Crippen molar-refractivity contribution < 1.29 is 19.6 Å². The highest BCUT2D eigenvalue weighted by Crippen LogP contribution is 2.32. The molecule has 2 unspecified atom stereocenters. The molecule has 0 aromatic heterocycles. The molecule has 0 saturated carbocycles. The van der Waals surface area contributed by atoms with E-state index in [0.29, 0.717) is 16.9 Å². The van der Waals surface area contributed by atoms with Gasteiger partial charge in [-0.25, -0.2) is 5.48 Å². The van der Waals surface area contributed by atoms with Gasteiger partial charge in [0.25, 0.3) is 11.8 Å². The Morgan fingerprint density at radius 2 is 1.44 bits per heavy atom. The van der Waals surface area contributed by atoms with Crippen molar-refractivity contribution in [2.45, 2.75) is 18.6 Å². The fraction of sp³-hybridized carbons (Fsp3) is 0.222. The van der Waals surface area contributed by atoms with Crippen LogP contribution in [0.15, 0.2) is 78.9 Å². The monoisotopic (exact) mass is 474 g/mol. The second kappa shape index (κ2) is 10.7. The fourth-order valence-electron chi connectivity index (χ4n) is 4.04. The van der Waals surface area contributed by atoms with Crippen LogP contribution in [0, 0.1) is 5.92 Å². The number of hydrogen-bond acceptors (Lipinski definition) is 5. The minimum Gasteiger partial charge on any atom is -0.289 e. The van der Waals surface area contributed by atoms with E-state index in [0.717, 1.165) is 16.7 Å². The molecule has 3 amide bonds. The average molecular weight is 475 g/mol. The summed E-state index contributed by atoms with van der Waals surface area (Å²) >= 11 is 1.59. The van der Waals surface area contributed by atoms with Crippen LogP contribution in [0.4, 0.5) is 0 Å². The van der Waals surface area contributed by atoms with E-state index in [1.807, 2.05) is 18.2 Å². The summed E-state index contributed by atoms with van der Waals surface area (Å²) in [6, 6.07) is 25.2. The molecule has 0 fully saturated rings. The predicted molar refractivity (Wildman–Crippen MR) is 133 cm³/mol. The van der Waals surface area contributed by atoms with E-state index in [-0.39, 0.29) is 30.0 Å². The lowest BCUT2D eigenvalue weighted by molar-refractivity contribution is -0.132. The van der Waals surface area contributed by atoms with E-state index in [1.165, 1.54) is 4.90 Å². The number of hydroxylamine groups is 1. The normalized spacial score (nSPS) is 14.6. The Morgan fingerprint density at radius 3 is 2.03 bits per heavy atom. The standard InChI is InChI=1S/C27H26N2O4S/c1-18(19-11-13-21(14-12-19)20-7-3-2-4-8-20)34-17-22(25(30)28-33)15-16-29-26(31)23-9-5-6-10-24(23)27(29)32/h2-14,18,22,33H,15-17H2,1H3,(H,28,30). The topological polar surface area (TPSA) is 86.7 Å². The smallest absolute Gasteiger partial charge is 0.261 e. The first kappa shape index (κ1) is 23.7. The maximum atomic E-state index is 12.6. The molecule has 3 aromatic rings. The first-order valence-corrected chi connectivity index (χ1v) is 12.2. The molecule has 3 aromatic carbocycles. The highest BCUT2D eigenvalue weighted by atomic mass is 32.2. The first-order chi connectivity index (χ1) is 16.5. The van der Waals surface area contributed by atoms with Gasteiger partial charge in [-0.15, -0.1) is 0 Å². The van der Waals surface area contributed by atoms with E-state index >= 15 is 0 Å². The molecule has 0 aliphatic carbocycles. The third-order valence-electron chi connectivity index (χ3n) is 6.09. The number of thioether (sulfide) groups is 1. The first-order valence-electron chi connectivity index (χ1n) is 11.2. The van der Waals surface area contributed by atoms with Gasteiger partial charge in [0.1, 0.15) is 0 Å². The highest BCUT2D eigenvalue weighted by molar-refractivity contribution is 7.99. The molecule has 6 nitrogen and oxygen atoms in total. The predicted octanol–water partition coefficient (Wildman–Crippen LogP) is 4.96. The molecule has 0 saturated heterocycles. The van der Waals surface area contributed by atoms with Crippen molar-refractivity contribution in [2.24, 2.45) is 5.92 Å². The molecule has 4 rings (SSSR count). The van der Waals surface area contributed by atoms with Gasteiger partial charge >= 0.3 is 0 Å². The molecular weight excluding hydrogens is 448 g/mol. The maximum absolute atomic E-state index is 12.6. The molecule has 2 N–H and O–H groups in total. The van der Waals surface area contributed by atoms with Crippen LogP contribution in [0.5, 0.6) is 0 Å². The third kappa shape index (κ3) is 5.05. The summed E-state index contributed by atoms with van der Waals surface area (Å²) < 4.78 is 0. The van der Waals surface area contributed by atoms with Gasteiger partial charge in [0, 0.05) is 17.5 Å². The van der Waals surface area contributed by atoms with E-state index in [9.17, 15) is 19.6 Å². The van der Waals surface area contributed by atoms with Gasteiger partial charge in [-0.05, 0) is 42.2 Å². The Morgan fingerprint density at radius 1 is 0.882 bits per heavy atom. The molecule has 0 radical (unpaired) electrons. The highest BCUT2D eigenvalue weighted by Gasteiger charge is 2.35. The van der Waals surface area contributed by atoms with Crippen LogP contribution in [0.25, 0.3) is 11.1 Å². The van der Waals surface area contributed by atoms with Gasteiger partial charge < -0.3 is 0 Å². The number of carbonyl (C=O) groups excluding carboxylic acids is 3. The van der Waals surface area contributed by atoms with Crippen molar-refractivity contribution in [1.82, 2.24) is 10.4 Å². The lowest BCUT2D eigenvalue weighted by Gasteiger charge is -2.20. The average Bonchev–Trinajstić information content (AvgIpc) is 3.13. The zero-order chi connectivity index (χ0) is 24.1. The van der Waals surface area contributed by atoms with Crippen molar-refractivity contribution in [3.8, 4) is 11.1 Å². The van der Waals surface area contributed by atoms with Gasteiger partial charge in [0.2, 0.25) is 5.91 Å². The van der Waals surface area contributed by atoms with Gasteiger partial charge in [-0.1, -0.05) is 66.7 Å². The Labute approximate surface area is 202 Å². The van der Waals surface area contributed by atoms with Crippen LogP contribution in [0.3, 0.4) is 0 Å². The molecule has 1 aliphatic rings. The minimum atomic E-state index is -0.551. The zero-order valence-corrected chi connectivity index (χ0v) is 19.6.